The summed E-state index contributed by atoms with van der Waals surface area (Å²) in [5.74, 6) is -0.409. The Bertz CT molecular complexity index is 877. The standard InChI is InChI=1S/C15H10N4O2S/c16-7-12(13-4-2-6-22-13)18-15(21)11-3-1-5-19-8-10(9-20)17-14(11)19/h1-6,8-9,12H,(H,18,21). The molecule has 0 aliphatic carbocycles. The van der Waals surface area contributed by atoms with E-state index < -0.39 is 11.9 Å². The van der Waals surface area contributed by atoms with Gasteiger partial charge >= 0.3 is 0 Å². The molecule has 0 aliphatic heterocycles. The summed E-state index contributed by atoms with van der Waals surface area (Å²) < 4.78 is 1.60. The van der Waals surface area contributed by atoms with E-state index in [1.165, 1.54) is 11.3 Å². The van der Waals surface area contributed by atoms with E-state index in [-0.39, 0.29) is 5.69 Å². The molecule has 3 rings (SSSR count). The van der Waals surface area contributed by atoms with Gasteiger partial charge in [-0.2, -0.15) is 5.26 Å². The Labute approximate surface area is 129 Å². The van der Waals surface area contributed by atoms with Crippen molar-refractivity contribution < 1.29 is 9.59 Å². The summed E-state index contributed by atoms with van der Waals surface area (Å²) in [5, 5.41) is 13.7. The zero-order valence-corrected chi connectivity index (χ0v) is 12.1. The predicted octanol–water partition coefficient (Wildman–Crippen LogP) is 2.20. The molecule has 1 amide bonds. The maximum Gasteiger partial charge on any atom is 0.256 e. The van der Waals surface area contributed by atoms with Crippen LogP contribution in [0, 0.1) is 11.3 Å². The van der Waals surface area contributed by atoms with Gasteiger partial charge in [-0.3, -0.25) is 9.59 Å². The zero-order chi connectivity index (χ0) is 15.5. The lowest BCUT2D eigenvalue weighted by Crippen LogP contribution is -2.27. The van der Waals surface area contributed by atoms with Crippen LogP contribution < -0.4 is 5.32 Å². The second kappa shape index (κ2) is 5.79. The molecule has 3 heterocycles. The van der Waals surface area contributed by atoms with Crippen LogP contribution in [0.5, 0.6) is 0 Å². The van der Waals surface area contributed by atoms with Gasteiger partial charge in [-0.15, -0.1) is 11.3 Å². The fourth-order valence-corrected chi connectivity index (χ4v) is 2.82. The number of carbonyl (C=O) groups excluding carboxylic acids is 2. The Morgan fingerprint density at radius 3 is 3.00 bits per heavy atom. The van der Waals surface area contributed by atoms with Gasteiger partial charge < -0.3 is 9.72 Å². The highest BCUT2D eigenvalue weighted by molar-refractivity contribution is 7.10. The lowest BCUT2D eigenvalue weighted by molar-refractivity contribution is 0.0946. The maximum absolute atomic E-state index is 12.4. The molecule has 0 saturated carbocycles. The number of hydrogen-bond acceptors (Lipinski definition) is 5. The number of imidazole rings is 1. The fraction of sp³-hybridized carbons (Fsp3) is 0.0667. The van der Waals surface area contributed by atoms with E-state index in [0.29, 0.717) is 17.5 Å². The van der Waals surface area contributed by atoms with Gasteiger partial charge in [-0.1, -0.05) is 6.07 Å². The molecule has 1 N–H and O–H groups in total. The number of nitrogens with zero attached hydrogens (tertiary/aromatic N) is 3. The molecule has 6 nitrogen and oxygen atoms in total. The van der Waals surface area contributed by atoms with E-state index in [2.05, 4.69) is 16.4 Å². The molecule has 0 aliphatic rings. The van der Waals surface area contributed by atoms with Crippen LogP contribution in [0.4, 0.5) is 0 Å². The first kappa shape index (κ1) is 14.0. The van der Waals surface area contributed by atoms with Crippen molar-refractivity contribution in [2.24, 2.45) is 0 Å². The molecule has 3 aromatic rings. The van der Waals surface area contributed by atoms with Crippen LogP contribution in [0.3, 0.4) is 0 Å². The number of thiophene rings is 1. The third kappa shape index (κ3) is 2.47. The predicted molar refractivity (Wildman–Crippen MR) is 80.7 cm³/mol. The number of amides is 1. The molecule has 1 unspecified atom stereocenters. The quantitative estimate of drug-likeness (QED) is 0.748. The number of nitriles is 1. The molecular formula is C15H10N4O2S. The largest absolute Gasteiger partial charge is 0.332 e. The summed E-state index contributed by atoms with van der Waals surface area (Å²) in [6, 6.07) is 8.25. The van der Waals surface area contributed by atoms with E-state index in [0.717, 1.165) is 4.88 Å². The monoisotopic (exact) mass is 310 g/mol. The highest BCUT2D eigenvalue weighted by atomic mass is 32.1. The van der Waals surface area contributed by atoms with Crippen LogP contribution in [0.15, 0.2) is 42.0 Å². The molecule has 0 saturated heterocycles. The normalized spacial score (nSPS) is 11.8. The average molecular weight is 310 g/mol. The van der Waals surface area contributed by atoms with Crippen molar-refractivity contribution in [3.63, 3.8) is 0 Å². The molecule has 0 radical (unpaired) electrons. The van der Waals surface area contributed by atoms with Crippen molar-refractivity contribution in [1.82, 2.24) is 14.7 Å². The van der Waals surface area contributed by atoms with Gasteiger partial charge in [0, 0.05) is 17.3 Å². The van der Waals surface area contributed by atoms with E-state index >= 15 is 0 Å². The van der Waals surface area contributed by atoms with Gasteiger partial charge in [-0.25, -0.2) is 4.98 Å². The summed E-state index contributed by atoms with van der Waals surface area (Å²) in [6.45, 7) is 0. The van der Waals surface area contributed by atoms with E-state index in [4.69, 9.17) is 0 Å². The second-order valence-corrected chi connectivity index (χ2v) is 5.47. The number of rotatable bonds is 4. The number of carbonyl (C=O) groups is 2. The van der Waals surface area contributed by atoms with Gasteiger partial charge in [0.25, 0.3) is 5.91 Å². The summed E-state index contributed by atoms with van der Waals surface area (Å²) >= 11 is 1.40. The second-order valence-electron chi connectivity index (χ2n) is 4.49. The number of pyridine rings is 1. The summed E-state index contributed by atoms with van der Waals surface area (Å²) in [5.41, 5.74) is 0.938. The lowest BCUT2D eigenvalue weighted by Gasteiger charge is -2.10. The Balaban J connectivity index is 1.94. The molecule has 1 atom stereocenters. The van der Waals surface area contributed by atoms with Crippen LogP contribution in [0.1, 0.15) is 31.8 Å². The first-order chi connectivity index (χ1) is 10.7. The smallest absolute Gasteiger partial charge is 0.256 e. The van der Waals surface area contributed by atoms with Crippen molar-refractivity contribution >= 4 is 29.2 Å². The number of nitrogens with one attached hydrogen (secondary N) is 1. The van der Waals surface area contributed by atoms with Gasteiger partial charge in [0.2, 0.25) is 0 Å². The minimum atomic E-state index is -0.715. The molecule has 0 spiro atoms. The Hall–Kier alpha value is -2.98. The lowest BCUT2D eigenvalue weighted by atomic mass is 10.2. The van der Waals surface area contributed by atoms with Crippen LogP contribution in [-0.2, 0) is 0 Å². The molecule has 22 heavy (non-hydrogen) atoms. The Morgan fingerprint density at radius 2 is 2.32 bits per heavy atom. The number of hydrogen-bond donors (Lipinski definition) is 1. The first-order valence-corrected chi connectivity index (χ1v) is 7.27. The van der Waals surface area contributed by atoms with Gasteiger partial charge in [-0.05, 0) is 23.6 Å². The van der Waals surface area contributed by atoms with Crippen molar-refractivity contribution in [3.05, 3.63) is 58.2 Å². The molecule has 0 fully saturated rings. The third-order valence-corrected chi connectivity index (χ3v) is 4.04. The van der Waals surface area contributed by atoms with Gasteiger partial charge in [0.05, 0.1) is 11.6 Å². The molecular weight excluding hydrogens is 300 g/mol. The summed E-state index contributed by atoms with van der Waals surface area (Å²) in [6.07, 6.45) is 3.87. The van der Waals surface area contributed by atoms with Gasteiger partial charge in [0.15, 0.2) is 12.3 Å². The Morgan fingerprint density at radius 1 is 1.45 bits per heavy atom. The number of aldehydes is 1. The minimum Gasteiger partial charge on any atom is -0.332 e. The van der Waals surface area contributed by atoms with E-state index in [9.17, 15) is 14.9 Å². The number of aromatic nitrogens is 2. The zero-order valence-electron chi connectivity index (χ0n) is 11.3. The maximum atomic E-state index is 12.4. The highest BCUT2D eigenvalue weighted by Gasteiger charge is 2.18. The van der Waals surface area contributed by atoms with E-state index in [1.54, 1.807) is 35.0 Å². The molecule has 0 bridgehead atoms. The topological polar surface area (TPSA) is 87.3 Å². The summed E-state index contributed by atoms with van der Waals surface area (Å²) in [4.78, 5) is 28.1. The number of fused-ring (bicyclic) bond motifs is 1. The average Bonchev–Trinajstić information content (AvgIpc) is 3.20. The first-order valence-electron chi connectivity index (χ1n) is 6.39. The van der Waals surface area contributed by atoms with Crippen LogP contribution in [0.2, 0.25) is 0 Å². The third-order valence-electron chi connectivity index (χ3n) is 3.10. The van der Waals surface area contributed by atoms with Gasteiger partial charge in [0.1, 0.15) is 11.3 Å². The Kier molecular flexibility index (Phi) is 3.68. The van der Waals surface area contributed by atoms with Crippen molar-refractivity contribution in [2.45, 2.75) is 6.04 Å². The van der Waals surface area contributed by atoms with Crippen molar-refractivity contribution in [3.8, 4) is 6.07 Å². The molecule has 3 aromatic heterocycles. The SMILES string of the molecule is N#CC(NC(=O)c1cccn2cc(C=O)nc12)c1cccs1. The van der Waals surface area contributed by atoms with Crippen molar-refractivity contribution in [2.75, 3.05) is 0 Å². The molecule has 0 aromatic carbocycles. The van der Waals surface area contributed by atoms with Crippen LogP contribution in [0.25, 0.3) is 5.65 Å². The van der Waals surface area contributed by atoms with E-state index in [1.807, 2.05) is 11.4 Å². The van der Waals surface area contributed by atoms with Crippen molar-refractivity contribution in [1.29, 1.82) is 5.26 Å². The van der Waals surface area contributed by atoms with Crippen LogP contribution in [-0.4, -0.2) is 21.6 Å². The molecule has 7 heteroatoms. The molecule has 108 valence electrons. The fourth-order valence-electron chi connectivity index (χ4n) is 2.10. The van der Waals surface area contributed by atoms with Crippen LogP contribution >= 0.6 is 11.3 Å². The highest BCUT2D eigenvalue weighted by Crippen LogP contribution is 2.19. The minimum absolute atomic E-state index is 0.246. The summed E-state index contributed by atoms with van der Waals surface area (Å²) in [7, 11) is 0.